The highest BCUT2D eigenvalue weighted by Crippen LogP contribution is 2.21. The van der Waals surface area contributed by atoms with E-state index in [1.807, 2.05) is 24.3 Å². The molecule has 26 heavy (non-hydrogen) atoms. The first-order chi connectivity index (χ1) is 12.5. The minimum absolute atomic E-state index is 0.338. The van der Waals surface area contributed by atoms with Crippen LogP contribution in [0.5, 0.6) is 0 Å². The number of piperazine rings is 1. The van der Waals surface area contributed by atoms with Crippen LogP contribution in [0.4, 0.5) is 10.1 Å². The number of aliphatic hydroxyl groups excluding tert-OH is 1. The Labute approximate surface area is 157 Å². The van der Waals surface area contributed by atoms with Crippen LogP contribution in [0.1, 0.15) is 16.8 Å². The highest BCUT2D eigenvalue weighted by atomic mass is 35.5. The number of Topliss-reactive ketones (excluding diaryl/α,β-unsaturated/α-hetero) is 1. The number of hydrogen-bond donors (Lipinski definition) is 1. The lowest BCUT2D eigenvalue weighted by atomic mass is 10.0. The maximum atomic E-state index is 12.9. The van der Waals surface area contributed by atoms with Crippen molar-refractivity contribution in [2.24, 2.45) is 0 Å². The number of anilines is 1. The van der Waals surface area contributed by atoms with Crippen LogP contribution in [0.2, 0.25) is 5.02 Å². The lowest BCUT2D eigenvalue weighted by Crippen LogP contribution is -2.47. The summed E-state index contributed by atoms with van der Waals surface area (Å²) >= 11 is 6.05. The minimum atomic E-state index is -1.06. The van der Waals surface area contributed by atoms with E-state index in [1.165, 1.54) is 24.3 Å². The van der Waals surface area contributed by atoms with Crippen molar-refractivity contribution in [2.75, 3.05) is 37.6 Å². The molecule has 1 aliphatic heterocycles. The van der Waals surface area contributed by atoms with Crippen LogP contribution >= 0.6 is 11.6 Å². The van der Waals surface area contributed by atoms with Crippen molar-refractivity contribution < 1.29 is 14.3 Å². The molecule has 1 fully saturated rings. The molecule has 1 unspecified atom stereocenters. The molecule has 1 N–H and O–H groups in total. The van der Waals surface area contributed by atoms with Gasteiger partial charge in [-0.2, -0.15) is 0 Å². The van der Waals surface area contributed by atoms with Gasteiger partial charge in [0.15, 0.2) is 5.78 Å². The van der Waals surface area contributed by atoms with Gasteiger partial charge in [0, 0.05) is 49.0 Å². The van der Waals surface area contributed by atoms with Gasteiger partial charge in [0.1, 0.15) is 11.9 Å². The molecule has 6 heteroatoms. The van der Waals surface area contributed by atoms with E-state index in [9.17, 15) is 14.3 Å². The van der Waals surface area contributed by atoms with Crippen LogP contribution in [-0.2, 0) is 0 Å². The summed E-state index contributed by atoms with van der Waals surface area (Å²) in [5, 5.41) is 10.9. The molecular formula is C20H22ClFN2O2. The molecule has 2 aromatic rings. The van der Waals surface area contributed by atoms with Crippen LogP contribution in [0, 0.1) is 5.82 Å². The third kappa shape index (κ3) is 4.81. The molecule has 1 atom stereocenters. The molecule has 3 rings (SSSR count). The van der Waals surface area contributed by atoms with Crippen LogP contribution in [0.15, 0.2) is 48.5 Å². The molecule has 4 nitrogen and oxygen atoms in total. The van der Waals surface area contributed by atoms with Crippen LogP contribution < -0.4 is 4.90 Å². The van der Waals surface area contributed by atoms with Crippen molar-refractivity contribution in [3.05, 3.63) is 64.9 Å². The molecule has 0 aromatic heterocycles. The van der Waals surface area contributed by atoms with Crippen molar-refractivity contribution in [3.63, 3.8) is 0 Å². The smallest absolute Gasteiger partial charge is 0.191 e. The Balaban J connectivity index is 1.46. The van der Waals surface area contributed by atoms with Crippen molar-refractivity contribution in [2.45, 2.75) is 12.5 Å². The summed E-state index contributed by atoms with van der Waals surface area (Å²) < 4.78 is 12.9. The Morgan fingerprint density at radius 2 is 1.81 bits per heavy atom. The Hall–Kier alpha value is -1.95. The topological polar surface area (TPSA) is 43.8 Å². The molecule has 0 spiro atoms. The van der Waals surface area contributed by atoms with E-state index in [0.717, 1.165) is 36.9 Å². The molecule has 1 saturated heterocycles. The number of halogens is 2. The number of carbonyl (C=O) groups is 1. The van der Waals surface area contributed by atoms with Gasteiger partial charge in [0.25, 0.3) is 0 Å². The average Bonchev–Trinajstić information content (AvgIpc) is 2.66. The third-order valence-electron chi connectivity index (χ3n) is 4.70. The summed E-state index contributed by atoms with van der Waals surface area (Å²) in [4.78, 5) is 16.7. The van der Waals surface area contributed by atoms with Crippen LogP contribution in [0.3, 0.4) is 0 Å². The molecule has 0 amide bonds. The highest BCUT2D eigenvalue weighted by molar-refractivity contribution is 6.30. The molecule has 0 aliphatic carbocycles. The van der Waals surface area contributed by atoms with Gasteiger partial charge in [0.2, 0.25) is 0 Å². The maximum Gasteiger partial charge on any atom is 0.191 e. The number of aliphatic hydroxyl groups is 1. The molecule has 138 valence electrons. The van der Waals surface area contributed by atoms with Crippen molar-refractivity contribution >= 4 is 23.1 Å². The molecular weight excluding hydrogens is 355 g/mol. The summed E-state index contributed by atoms with van der Waals surface area (Å²) in [5.41, 5.74) is 1.45. The summed E-state index contributed by atoms with van der Waals surface area (Å²) in [6.07, 6.45) is -0.695. The Morgan fingerprint density at radius 1 is 1.12 bits per heavy atom. The number of hydrogen-bond acceptors (Lipinski definition) is 4. The second kappa shape index (κ2) is 8.62. The molecule has 0 bridgehead atoms. The van der Waals surface area contributed by atoms with Crippen molar-refractivity contribution in [1.82, 2.24) is 4.90 Å². The number of ketones is 1. The van der Waals surface area contributed by atoms with Crippen molar-refractivity contribution in [3.8, 4) is 0 Å². The van der Waals surface area contributed by atoms with Gasteiger partial charge >= 0.3 is 0 Å². The van der Waals surface area contributed by atoms with Gasteiger partial charge in [-0.3, -0.25) is 9.69 Å². The fourth-order valence-electron chi connectivity index (χ4n) is 3.14. The van der Waals surface area contributed by atoms with E-state index in [2.05, 4.69) is 9.80 Å². The summed E-state index contributed by atoms with van der Waals surface area (Å²) in [7, 11) is 0. The normalized spacial score (nSPS) is 16.5. The second-order valence-corrected chi connectivity index (χ2v) is 6.92. The van der Waals surface area contributed by atoms with Gasteiger partial charge in [-0.15, -0.1) is 0 Å². The quantitative estimate of drug-likeness (QED) is 0.786. The Morgan fingerprint density at radius 3 is 2.46 bits per heavy atom. The zero-order valence-corrected chi connectivity index (χ0v) is 15.2. The minimum Gasteiger partial charge on any atom is -0.385 e. The van der Waals surface area contributed by atoms with Gasteiger partial charge in [-0.25, -0.2) is 4.39 Å². The van der Waals surface area contributed by atoms with Crippen LogP contribution in [-0.4, -0.2) is 54.6 Å². The zero-order chi connectivity index (χ0) is 18.5. The number of nitrogens with zero attached hydrogens (tertiary/aromatic N) is 2. The number of benzene rings is 2. The molecule has 1 heterocycles. The van der Waals surface area contributed by atoms with E-state index in [1.54, 1.807) is 0 Å². The highest BCUT2D eigenvalue weighted by Gasteiger charge is 2.21. The number of carbonyl (C=O) groups excluding carboxylic acids is 1. The fraction of sp³-hybridized carbons (Fsp3) is 0.350. The van der Waals surface area contributed by atoms with Gasteiger partial charge in [-0.05, 0) is 48.9 Å². The van der Waals surface area contributed by atoms with Gasteiger partial charge in [-0.1, -0.05) is 17.7 Å². The fourth-order valence-corrected chi connectivity index (χ4v) is 3.33. The SMILES string of the molecule is O=C(c1ccc(F)cc1)C(O)CCN1CCN(c2cccc(Cl)c2)CC1. The van der Waals surface area contributed by atoms with Gasteiger partial charge < -0.3 is 10.0 Å². The predicted molar refractivity (Wildman–Crippen MR) is 101 cm³/mol. The van der Waals surface area contributed by atoms with E-state index >= 15 is 0 Å². The number of rotatable bonds is 6. The lowest BCUT2D eigenvalue weighted by molar-refractivity contribution is 0.0700. The third-order valence-corrected chi connectivity index (χ3v) is 4.93. The second-order valence-electron chi connectivity index (χ2n) is 6.48. The van der Waals surface area contributed by atoms with E-state index < -0.39 is 11.9 Å². The monoisotopic (exact) mass is 376 g/mol. The maximum absolute atomic E-state index is 12.9. The lowest BCUT2D eigenvalue weighted by Gasteiger charge is -2.36. The van der Waals surface area contributed by atoms with E-state index in [4.69, 9.17) is 11.6 Å². The van der Waals surface area contributed by atoms with Crippen molar-refractivity contribution in [1.29, 1.82) is 0 Å². The zero-order valence-electron chi connectivity index (χ0n) is 14.4. The molecule has 2 aromatic carbocycles. The Kier molecular flexibility index (Phi) is 6.25. The Bertz CT molecular complexity index is 746. The summed E-state index contributed by atoms with van der Waals surface area (Å²) in [5.74, 6) is -0.754. The first-order valence-corrected chi connectivity index (χ1v) is 9.11. The van der Waals surface area contributed by atoms with Gasteiger partial charge in [0.05, 0.1) is 0 Å². The summed E-state index contributed by atoms with van der Waals surface area (Å²) in [6.45, 7) is 4.14. The molecule has 0 radical (unpaired) electrons. The molecule has 0 saturated carbocycles. The largest absolute Gasteiger partial charge is 0.385 e. The first-order valence-electron chi connectivity index (χ1n) is 8.73. The summed E-state index contributed by atoms with van der Waals surface area (Å²) in [6, 6.07) is 13.1. The average molecular weight is 377 g/mol. The standard InChI is InChI=1S/C20H22ClFN2O2/c21-16-2-1-3-18(14-16)24-12-10-23(11-13-24)9-8-19(25)20(26)15-4-6-17(22)7-5-15/h1-7,14,19,25H,8-13H2. The first kappa shape index (κ1) is 18.8. The van der Waals surface area contributed by atoms with Crippen LogP contribution in [0.25, 0.3) is 0 Å². The van der Waals surface area contributed by atoms with E-state index in [0.29, 0.717) is 18.5 Å². The predicted octanol–water partition coefficient (Wildman–Crippen LogP) is 3.24. The molecule has 1 aliphatic rings. The van der Waals surface area contributed by atoms with E-state index in [-0.39, 0.29) is 5.78 Å².